The number of esters is 1. The Bertz CT molecular complexity index is 836. The van der Waals surface area contributed by atoms with E-state index < -0.39 is 27.7 Å². The molecule has 0 saturated heterocycles. The van der Waals surface area contributed by atoms with E-state index in [1.807, 2.05) is 0 Å². The highest BCUT2D eigenvalue weighted by Gasteiger charge is 2.23. The summed E-state index contributed by atoms with van der Waals surface area (Å²) in [5, 5.41) is 0. The van der Waals surface area contributed by atoms with Gasteiger partial charge in [0.05, 0.1) is 12.2 Å². The molecule has 2 aromatic rings. The first-order valence-electron chi connectivity index (χ1n) is 6.51. The largest absolute Gasteiger partial charge is 0.462 e. The van der Waals surface area contributed by atoms with Crippen LogP contribution in [0, 0.1) is 5.82 Å². The van der Waals surface area contributed by atoms with Gasteiger partial charge in [-0.1, -0.05) is 12.1 Å². The molecule has 8 heteroatoms. The van der Waals surface area contributed by atoms with E-state index >= 15 is 0 Å². The number of carbonyl (C=O) groups is 1. The van der Waals surface area contributed by atoms with Crippen LogP contribution in [0.4, 0.5) is 4.39 Å². The molecule has 0 unspecified atom stereocenters. The lowest BCUT2D eigenvalue weighted by Gasteiger charge is -2.10. The van der Waals surface area contributed by atoms with E-state index in [0.29, 0.717) is 0 Å². The van der Waals surface area contributed by atoms with Gasteiger partial charge in [0.2, 0.25) is 0 Å². The van der Waals surface area contributed by atoms with Crippen molar-refractivity contribution in [2.24, 2.45) is 0 Å². The second-order valence-electron chi connectivity index (χ2n) is 4.33. The van der Waals surface area contributed by atoms with Gasteiger partial charge in [-0.15, -0.1) is 0 Å². The van der Waals surface area contributed by atoms with Gasteiger partial charge >= 0.3 is 16.1 Å². The van der Waals surface area contributed by atoms with Crippen molar-refractivity contribution in [1.82, 2.24) is 0 Å². The van der Waals surface area contributed by atoms with E-state index in [1.165, 1.54) is 36.4 Å². The predicted molar refractivity (Wildman–Crippen MR) is 84.3 cm³/mol. The zero-order valence-electron chi connectivity index (χ0n) is 12.0. The molecule has 0 aliphatic rings. The summed E-state index contributed by atoms with van der Waals surface area (Å²) in [6.45, 7) is 1.86. The Kier molecular flexibility index (Phi) is 5.38. The second-order valence-corrected chi connectivity index (χ2v) is 6.70. The van der Waals surface area contributed by atoms with Crippen LogP contribution in [0.2, 0.25) is 0 Å². The van der Waals surface area contributed by atoms with Crippen molar-refractivity contribution in [3.05, 3.63) is 58.3 Å². The molecule has 0 heterocycles. The number of benzene rings is 2. The average molecular weight is 403 g/mol. The van der Waals surface area contributed by atoms with Crippen molar-refractivity contribution in [2.75, 3.05) is 6.61 Å². The lowest BCUT2D eigenvalue weighted by atomic mass is 10.2. The fraction of sp³-hybridized carbons (Fsp3) is 0.133. The summed E-state index contributed by atoms with van der Waals surface area (Å²) in [5.74, 6) is -1.78. The summed E-state index contributed by atoms with van der Waals surface area (Å²) in [5.41, 5.74) is 0.184. The number of ether oxygens (including phenoxy) is 1. The molecule has 0 aromatic heterocycles. The molecule has 2 aromatic carbocycles. The first-order chi connectivity index (χ1) is 10.8. The molecule has 0 radical (unpaired) electrons. The lowest BCUT2D eigenvalue weighted by Crippen LogP contribution is -2.12. The quantitative estimate of drug-likeness (QED) is 0.565. The van der Waals surface area contributed by atoms with Crippen LogP contribution in [0.1, 0.15) is 17.3 Å². The fourth-order valence-electron chi connectivity index (χ4n) is 1.72. The number of halogens is 2. The molecule has 0 atom stereocenters. The van der Waals surface area contributed by atoms with Crippen LogP contribution in [0.3, 0.4) is 0 Å². The van der Waals surface area contributed by atoms with E-state index in [-0.39, 0.29) is 21.5 Å². The number of hydrogen-bond acceptors (Lipinski definition) is 5. The van der Waals surface area contributed by atoms with Gasteiger partial charge < -0.3 is 8.92 Å². The van der Waals surface area contributed by atoms with Crippen LogP contribution < -0.4 is 4.18 Å². The Morgan fingerprint density at radius 1 is 1.22 bits per heavy atom. The lowest BCUT2D eigenvalue weighted by molar-refractivity contribution is 0.0526. The SMILES string of the molecule is CCOC(=O)c1ccc(S(=O)(=O)Oc2ccccc2F)c(Br)c1. The van der Waals surface area contributed by atoms with Crippen molar-refractivity contribution in [1.29, 1.82) is 0 Å². The minimum Gasteiger partial charge on any atom is -0.462 e. The molecule has 0 saturated carbocycles. The molecule has 0 bridgehead atoms. The Morgan fingerprint density at radius 3 is 2.52 bits per heavy atom. The number of hydrogen-bond donors (Lipinski definition) is 0. The first kappa shape index (κ1) is 17.4. The van der Waals surface area contributed by atoms with Gasteiger partial charge in [0.15, 0.2) is 11.6 Å². The van der Waals surface area contributed by atoms with Crippen LogP contribution in [-0.2, 0) is 14.9 Å². The highest BCUT2D eigenvalue weighted by atomic mass is 79.9. The zero-order valence-corrected chi connectivity index (χ0v) is 14.4. The van der Waals surface area contributed by atoms with Crippen LogP contribution in [0.15, 0.2) is 51.8 Å². The van der Waals surface area contributed by atoms with Gasteiger partial charge in [-0.3, -0.25) is 0 Å². The fourth-order valence-corrected chi connectivity index (χ4v) is 3.69. The molecule has 2 rings (SSSR count). The standard InChI is InChI=1S/C15H12BrFO5S/c1-2-21-15(18)10-7-8-14(11(16)9-10)23(19,20)22-13-6-4-3-5-12(13)17/h3-9H,2H2,1H3. The molecule has 0 fully saturated rings. The minimum atomic E-state index is -4.26. The molecule has 23 heavy (non-hydrogen) atoms. The number of rotatable bonds is 5. The average Bonchev–Trinajstić information content (AvgIpc) is 2.49. The maximum absolute atomic E-state index is 13.5. The monoisotopic (exact) mass is 402 g/mol. The maximum Gasteiger partial charge on any atom is 0.340 e. The Hall–Kier alpha value is -1.93. The molecule has 5 nitrogen and oxygen atoms in total. The third-order valence-electron chi connectivity index (χ3n) is 2.75. The van der Waals surface area contributed by atoms with Crippen LogP contribution in [0.25, 0.3) is 0 Å². The first-order valence-corrected chi connectivity index (χ1v) is 8.71. The van der Waals surface area contributed by atoms with Crippen LogP contribution in [0.5, 0.6) is 5.75 Å². The third-order valence-corrected chi connectivity index (χ3v) is 4.96. The summed E-state index contributed by atoms with van der Waals surface area (Å²) in [4.78, 5) is 11.4. The normalized spacial score (nSPS) is 11.1. The summed E-state index contributed by atoms with van der Waals surface area (Å²) >= 11 is 3.07. The smallest absolute Gasteiger partial charge is 0.340 e. The summed E-state index contributed by atoms with van der Waals surface area (Å²) < 4.78 is 47.8. The number of carbonyl (C=O) groups excluding carboxylic acids is 1. The highest BCUT2D eigenvalue weighted by Crippen LogP contribution is 2.27. The molecule has 0 spiro atoms. The van der Waals surface area contributed by atoms with Gasteiger partial charge in [0.1, 0.15) is 4.90 Å². The van der Waals surface area contributed by atoms with Gasteiger partial charge in [0, 0.05) is 4.47 Å². The molecular formula is C15H12BrFO5S. The van der Waals surface area contributed by atoms with E-state index in [2.05, 4.69) is 15.9 Å². The molecule has 0 N–H and O–H groups in total. The maximum atomic E-state index is 13.5. The minimum absolute atomic E-state index is 0.111. The van der Waals surface area contributed by atoms with E-state index in [0.717, 1.165) is 6.07 Å². The van der Waals surface area contributed by atoms with Crippen molar-refractivity contribution < 1.29 is 26.5 Å². The van der Waals surface area contributed by atoms with E-state index in [4.69, 9.17) is 8.92 Å². The Labute approximate surface area is 141 Å². The molecule has 0 aliphatic heterocycles. The van der Waals surface area contributed by atoms with Crippen LogP contribution >= 0.6 is 15.9 Å². The topological polar surface area (TPSA) is 69.7 Å². The molecule has 122 valence electrons. The van der Waals surface area contributed by atoms with Gasteiger partial charge in [0.25, 0.3) is 0 Å². The van der Waals surface area contributed by atoms with Gasteiger partial charge in [-0.2, -0.15) is 8.42 Å². The van der Waals surface area contributed by atoms with E-state index in [1.54, 1.807) is 6.92 Å². The summed E-state index contributed by atoms with van der Waals surface area (Å²) in [6.07, 6.45) is 0. The van der Waals surface area contributed by atoms with E-state index in [9.17, 15) is 17.6 Å². The second kappa shape index (κ2) is 7.10. The summed E-state index contributed by atoms with van der Waals surface area (Å²) in [6, 6.07) is 8.94. The molecule has 0 aliphatic carbocycles. The Balaban J connectivity index is 2.34. The van der Waals surface area contributed by atoms with Crippen molar-refractivity contribution in [2.45, 2.75) is 11.8 Å². The van der Waals surface area contributed by atoms with Gasteiger partial charge in [-0.25, -0.2) is 9.18 Å². The highest BCUT2D eigenvalue weighted by molar-refractivity contribution is 9.10. The number of para-hydroxylation sites is 1. The van der Waals surface area contributed by atoms with Crippen molar-refractivity contribution in [3.8, 4) is 5.75 Å². The van der Waals surface area contributed by atoms with Crippen molar-refractivity contribution in [3.63, 3.8) is 0 Å². The predicted octanol–water partition coefficient (Wildman–Crippen LogP) is 3.53. The van der Waals surface area contributed by atoms with Crippen molar-refractivity contribution >= 4 is 32.0 Å². The molecule has 0 amide bonds. The third kappa shape index (κ3) is 4.08. The Morgan fingerprint density at radius 2 is 1.91 bits per heavy atom. The molecular weight excluding hydrogens is 391 g/mol. The zero-order chi connectivity index (χ0) is 17.0. The summed E-state index contributed by atoms with van der Waals surface area (Å²) in [7, 11) is -4.26. The van der Waals surface area contributed by atoms with Gasteiger partial charge in [-0.05, 0) is 53.2 Å². The van der Waals surface area contributed by atoms with Crippen LogP contribution in [-0.4, -0.2) is 21.0 Å².